The molecule has 0 heterocycles. The molecule has 0 aromatic heterocycles. The number of carboxylic acids is 1. The van der Waals surface area contributed by atoms with Gasteiger partial charge in [0.05, 0.1) is 6.42 Å². The van der Waals surface area contributed by atoms with Gasteiger partial charge in [-0.05, 0) is 38.0 Å². The third-order valence-electron chi connectivity index (χ3n) is 3.49. The zero-order chi connectivity index (χ0) is 14.7. The monoisotopic (exact) mass is 270 g/mol. The molecule has 1 aliphatic carbocycles. The van der Waals surface area contributed by atoms with E-state index < -0.39 is 5.97 Å². The standard InChI is InChI=1S/C14H26N2O3/c1-13(2,3)9-10(8-11(17)18)15-12(19)16-14(4)6-5-7-14/h10H,5-9H2,1-4H3,(H,17,18)(H2,15,16,19). The van der Waals surface area contributed by atoms with Crippen molar-refractivity contribution in [2.75, 3.05) is 0 Å². The molecule has 1 fully saturated rings. The molecule has 0 spiro atoms. The predicted molar refractivity (Wildman–Crippen MR) is 74.0 cm³/mol. The Hall–Kier alpha value is -1.26. The van der Waals surface area contributed by atoms with Gasteiger partial charge < -0.3 is 15.7 Å². The van der Waals surface area contributed by atoms with Gasteiger partial charge in [-0.1, -0.05) is 20.8 Å². The van der Waals surface area contributed by atoms with Crippen molar-refractivity contribution in [2.45, 2.75) is 71.4 Å². The van der Waals surface area contributed by atoms with Gasteiger partial charge >= 0.3 is 12.0 Å². The van der Waals surface area contributed by atoms with Crippen molar-refractivity contribution in [3.8, 4) is 0 Å². The number of rotatable bonds is 5. The van der Waals surface area contributed by atoms with Crippen LogP contribution in [0.4, 0.5) is 4.79 Å². The first-order valence-corrected chi connectivity index (χ1v) is 6.90. The maximum atomic E-state index is 11.9. The molecule has 0 saturated heterocycles. The van der Waals surface area contributed by atoms with Crippen molar-refractivity contribution < 1.29 is 14.7 Å². The number of amides is 2. The minimum atomic E-state index is -0.885. The van der Waals surface area contributed by atoms with E-state index in [1.165, 1.54) is 0 Å². The van der Waals surface area contributed by atoms with Crippen LogP contribution in [0, 0.1) is 5.41 Å². The van der Waals surface area contributed by atoms with E-state index in [4.69, 9.17) is 5.11 Å². The highest BCUT2D eigenvalue weighted by atomic mass is 16.4. The Morgan fingerprint density at radius 2 is 1.89 bits per heavy atom. The van der Waals surface area contributed by atoms with Crippen LogP contribution in [0.1, 0.15) is 59.8 Å². The number of urea groups is 1. The Morgan fingerprint density at radius 3 is 2.26 bits per heavy atom. The summed E-state index contributed by atoms with van der Waals surface area (Å²) in [5.41, 5.74) is -0.132. The number of carbonyl (C=O) groups excluding carboxylic acids is 1. The smallest absolute Gasteiger partial charge is 0.315 e. The number of carbonyl (C=O) groups is 2. The third kappa shape index (κ3) is 5.94. The normalized spacial score (nSPS) is 19.2. The van der Waals surface area contributed by atoms with E-state index in [0.29, 0.717) is 6.42 Å². The maximum absolute atomic E-state index is 11.9. The third-order valence-corrected chi connectivity index (χ3v) is 3.49. The minimum Gasteiger partial charge on any atom is -0.481 e. The van der Waals surface area contributed by atoms with E-state index in [-0.39, 0.29) is 29.4 Å². The van der Waals surface area contributed by atoms with Crippen LogP contribution in [0.3, 0.4) is 0 Å². The molecule has 3 N–H and O–H groups in total. The first kappa shape index (κ1) is 15.8. The summed E-state index contributed by atoms with van der Waals surface area (Å²) in [6.45, 7) is 8.13. The summed E-state index contributed by atoms with van der Waals surface area (Å²) in [6, 6.07) is -0.584. The van der Waals surface area contributed by atoms with Crippen molar-refractivity contribution >= 4 is 12.0 Å². The van der Waals surface area contributed by atoms with Gasteiger partial charge in [-0.2, -0.15) is 0 Å². The van der Waals surface area contributed by atoms with Crippen LogP contribution in [0.15, 0.2) is 0 Å². The second-order valence-corrected chi connectivity index (χ2v) is 7.07. The second-order valence-electron chi connectivity index (χ2n) is 7.07. The van der Waals surface area contributed by atoms with Crippen molar-refractivity contribution in [1.82, 2.24) is 10.6 Å². The summed E-state index contributed by atoms with van der Waals surface area (Å²) >= 11 is 0. The predicted octanol–water partition coefficient (Wildman–Crippen LogP) is 2.51. The fraction of sp³-hybridized carbons (Fsp3) is 0.857. The van der Waals surface area contributed by atoms with Crippen LogP contribution in [-0.2, 0) is 4.79 Å². The topological polar surface area (TPSA) is 78.4 Å². The lowest BCUT2D eigenvalue weighted by Gasteiger charge is -2.39. The number of hydrogen-bond donors (Lipinski definition) is 3. The van der Waals surface area contributed by atoms with Crippen LogP contribution in [-0.4, -0.2) is 28.7 Å². The van der Waals surface area contributed by atoms with Gasteiger partial charge in [-0.25, -0.2) is 4.79 Å². The molecule has 0 aliphatic heterocycles. The average Bonchev–Trinajstić information content (AvgIpc) is 2.10. The summed E-state index contributed by atoms with van der Waals surface area (Å²) in [7, 11) is 0. The molecule has 1 rings (SSSR count). The molecule has 5 heteroatoms. The lowest BCUT2D eigenvalue weighted by molar-refractivity contribution is -0.137. The van der Waals surface area contributed by atoms with Crippen LogP contribution in [0.2, 0.25) is 0 Å². The van der Waals surface area contributed by atoms with Gasteiger partial charge in [0.2, 0.25) is 0 Å². The second kappa shape index (κ2) is 5.80. The first-order chi connectivity index (χ1) is 8.60. The van der Waals surface area contributed by atoms with E-state index in [2.05, 4.69) is 10.6 Å². The molecule has 0 aromatic carbocycles. The molecule has 1 aliphatic rings. The Morgan fingerprint density at radius 1 is 1.32 bits per heavy atom. The number of nitrogens with one attached hydrogen (secondary N) is 2. The minimum absolute atomic E-state index is 0.0201. The fourth-order valence-corrected chi connectivity index (χ4v) is 2.45. The Kier molecular flexibility index (Phi) is 4.82. The molecule has 0 bridgehead atoms. The summed E-state index contributed by atoms with van der Waals surface area (Å²) in [5, 5.41) is 14.6. The Balaban J connectivity index is 2.50. The summed E-state index contributed by atoms with van der Waals surface area (Å²) in [4.78, 5) is 22.8. The molecule has 1 unspecified atom stereocenters. The van der Waals surface area contributed by atoms with Gasteiger partial charge in [0, 0.05) is 11.6 Å². The Bertz CT molecular complexity index is 343. The number of carboxylic acid groups (broad SMARTS) is 1. The summed E-state index contributed by atoms with van der Waals surface area (Å²) < 4.78 is 0. The van der Waals surface area contributed by atoms with E-state index in [1.54, 1.807) is 0 Å². The zero-order valence-corrected chi connectivity index (χ0v) is 12.4. The molecular weight excluding hydrogens is 244 g/mol. The Labute approximate surface area is 115 Å². The molecule has 5 nitrogen and oxygen atoms in total. The van der Waals surface area contributed by atoms with Crippen LogP contribution in [0.25, 0.3) is 0 Å². The maximum Gasteiger partial charge on any atom is 0.315 e. The molecule has 19 heavy (non-hydrogen) atoms. The SMILES string of the molecule is CC(C)(C)CC(CC(=O)O)NC(=O)NC1(C)CCC1. The first-order valence-electron chi connectivity index (χ1n) is 6.90. The molecule has 0 aromatic rings. The van der Waals surface area contributed by atoms with Gasteiger partial charge in [0.25, 0.3) is 0 Å². The average molecular weight is 270 g/mol. The van der Waals surface area contributed by atoms with Gasteiger partial charge in [0.1, 0.15) is 0 Å². The fourth-order valence-electron chi connectivity index (χ4n) is 2.45. The molecule has 1 atom stereocenters. The van der Waals surface area contributed by atoms with Crippen LogP contribution in [0.5, 0.6) is 0 Å². The van der Waals surface area contributed by atoms with Gasteiger partial charge in [-0.15, -0.1) is 0 Å². The number of aliphatic carboxylic acids is 1. The quantitative estimate of drug-likeness (QED) is 0.718. The lowest BCUT2D eigenvalue weighted by Crippen LogP contribution is -2.56. The molecule has 0 radical (unpaired) electrons. The lowest BCUT2D eigenvalue weighted by atomic mass is 9.79. The van der Waals surface area contributed by atoms with E-state index in [1.807, 2.05) is 27.7 Å². The highest BCUT2D eigenvalue weighted by molar-refractivity contribution is 5.76. The molecular formula is C14H26N2O3. The zero-order valence-electron chi connectivity index (χ0n) is 12.4. The van der Waals surface area contributed by atoms with Gasteiger partial charge in [-0.3, -0.25) is 4.79 Å². The molecule has 1 saturated carbocycles. The number of hydrogen-bond acceptors (Lipinski definition) is 2. The van der Waals surface area contributed by atoms with Crippen LogP contribution < -0.4 is 10.6 Å². The molecule has 110 valence electrons. The van der Waals surface area contributed by atoms with Crippen molar-refractivity contribution in [3.63, 3.8) is 0 Å². The van der Waals surface area contributed by atoms with Crippen molar-refractivity contribution in [3.05, 3.63) is 0 Å². The molecule has 2 amide bonds. The highest BCUT2D eigenvalue weighted by Crippen LogP contribution is 2.30. The summed E-state index contributed by atoms with van der Waals surface area (Å²) in [5.74, 6) is -0.885. The van der Waals surface area contributed by atoms with E-state index in [9.17, 15) is 9.59 Å². The van der Waals surface area contributed by atoms with E-state index in [0.717, 1.165) is 19.3 Å². The highest BCUT2D eigenvalue weighted by Gasteiger charge is 2.34. The van der Waals surface area contributed by atoms with Crippen molar-refractivity contribution in [1.29, 1.82) is 0 Å². The summed E-state index contributed by atoms with van der Waals surface area (Å²) in [6.07, 6.45) is 3.72. The largest absolute Gasteiger partial charge is 0.481 e. The van der Waals surface area contributed by atoms with Crippen molar-refractivity contribution in [2.24, 2.45) is 5.41 Å². The van der Waals surface area contributed by atoms with Gasteiger partial charge in [0.15, 0.2) is 0 Å². The van der Waals surface area contributed by atoms with Crippen LogP contribution >= 0.6 is 0 Å². The van der Waals surface area contributed by atoms with E-state index >= 15 is 0 Å².